The van der Waals surface area contributed by atoms with Crippen molar-refractivity contribution in [1.29, 1.82) is 0 Å². The first-order valence-electron chi connectivity index (χ1n) is 9.56. The van der Waals surface area contributed by atoms with Gasteiger partial charge in [-0.25, -0.2) is 0 Å². The monoisotopic (exact) mass is 439 g/mol. The molecule has 1 aromatic carbocycles. The van der Waals surface area contributed by atoms with Crippen molar-refractivity contribution in [3.63, 3.8) is 0 Å². The minimum atomic E-state index is -0.145. The zero-order valence-corrected chi connectivity index (χ0v) is 18.6. The van der Waals surface area contributed by atoms with Crippen molar-refractivity contribution < 1.29 is 4.79 Å². The molecule has 8 heteroatoms. The second kappa shape index (κ2) is 8.45. The van der Waals surface area contributed by atoms with Crippen LogP contribution in [0.2, 0.25) is 5.02 Å². The number of thiophene rings is 1. The smallest absolute Gasteiger partial charge is 0.265 e. The summed E-state index contributed by atoms with van der Waals surface area (Å²) in [6.07, 6.45) is 3.51. The van der Waals surface area contributed by atoms with Crippen LogP contribution in [-0.2, 0) is 13.1 Å². The second-order valence-corrected chi connectivity index (χ2v) is 8.56. The zero-order chi connectivity index (χ0) is 21.3. The molecule has 1 amide bonds. The van der Waals surface area contributed by atoms with E-state index in [0.29, 0.717) is 28.7 Å². The Hall–Kier alpha value is -2.90. The summed E-state index contributed by atoms with van der Waals surface area (Å²) >= 11 is 7.63. The summed E-state index contributed by atoms with van der Waals surface area (Å²) in [7, 11) is 0. The normalized spacial score (nSPS) is 11.1. The summed E-state index contributed by atoms with van der Waals surface area (Å²) in [5.41, 5.74) is 5.84. The van der Waals surface area contributed by atoms with Crippen LogP contribution in [0.1, 0.15) is 37.7 Å². The number of halogens is 1. The predicted octanol–water partition coefficient (Wildman–Crippen LogP) is 5.07. The Bertz CT molecular complexity index is 1210. The minimum absolute atomic E-state index is 0.145. The van der Waals surface area contributed by atoms with Gasteiger partial charge in [-0.2, -0.15) is 10.2 Å². The van der Waals surface area contributed by atoms with Crippen LogP contribution >= 0.6 is 22.9 Å². The highest BCUT2D eigenvalue weighted by Crippen LogP contribution is 2.22. The number of hydrogen-bond donors (Lipinski definition) is 1. The molecule has 0 saturated carbocycles. The second-order valence-electron chi connectivity index (χ2n) is 7.27. The highest BCUT2D eigenvalue weighted by Gasteiger charge is 2.14. The SMILES string of the molecule is Cc1ccccc1Cn1cc(NC(=O)c2cc(Cn3nc(C)c(Cl)c3C)cs2)cn1. The Morgan fingerprint density at radius 1 is 1.20 bits per heavy atom. The van der Waals surface area contributed by atoms with Crippen molar-refractivity contribution in [2.75, 3.05) is 5.32 Å². The summed E-state index contributed by atoms with van der Waals surface area (Å²) in [4.78, 5) is 13.3. The third-order valence-corrected chi connectivity index (χ3v) is 6.51. The lowest BCUT2D eigenvalue weighted by molar-refractivity contribution is 0.103. The highest BCUT2D eigenvalue weighted by atomic mass is 35.5. The van der Waals surface area contributed by atoms with E-state index in [-0.39, 0.29) is 5.91 Å². The first kappa shape index (κ1) is 20.4. The van der Waals surface area contributed by atoms with Gasteiger partial charge in [0.1, 0.15) is 0 Å². The number of carbonyl (C=O) groups is 1. The number of anilines is 1. The molecule has 0 bridgehead atoms. The molecule has 3 heterocycles. The summed E-state index contributed by atoms with van der Waals surface area (Å²) in [5, 5.41) is 14.4. The Morgan fingerprint density at radius 3 is 2.73 bits per heavy atom. The third kappa shape index (κ3) is 4.32. The minimum Gasteiger partial charge on any atom is -0.319 e. The molecule has 4 rings (SSSR count). The maximum absolute atomic E-state index is 12.6. The molecule has 0 saturated heterocycles. The summed E-state index contributed by atoms with van der Waals surface area (Å²) < 4.78 is 3.68. The summed E-state index contributed by atoms with van der Waals surface area (Å²) in [6, 6.07) is 10.1. The average Bonchev–Trinajstić information content (AvgIpc) is 3.42. The van der Waals surface area contributed by atoms with E-state index in [1.807, 2.05) is 53.0 Å². The van der Waals surface area contributed by atoms with Crippen molar-refractivity contribution in [3.8, 4) is 0 Å². The lowest BCUT2D eigenvalue weighted by atomic mass is 10.1. The molecule has 0 atom stereocenters. The summed E-state index contributed by atoms with van der Waals surface area (Å²) in [6.45, 7) is 7.15. The number of benzene rings is 1. The van der Waals surface area contributed by atoms with E-state index in [1.165, 1.54) is 22.5 Å². The molecule has 30 heavy (non-hydrogen) atoms. The van der Waals surface area contributed by atoms with Gasteiger partial charge >= 0.3 is 0 Å². The van der Waals surface area contributed by atoms with Gasteiger partial charge in [0, 0.05) is 6.20 Å². The van der Waals surface area contributed by atoms with Gasteiger partial charge in [0.15, 0.2) is 0 Å². The molecule has 1 N–H and O–H groups in total. The predicted molar refractivity (Wildman–Crippen MR) is 121 cm³/mol. The first-order chi connectivity index (χ1) is 14.4. The van der Waals surface area contributed by atoms with Gasteiger partial charge in [-0.05, 0) is 48.9 Å². The lowest BCUT2D eigenvalue weighted by Gasteiger charge is -2.05. The number of amides is 1. The number of nitrogens with one attached hydrogen (secondary N) is 1. The van der Waals surface area contributed by atoms with Gasteiger partial charge in [0.2, 0.25) is 0 Å². The Morgan fingerprint density at radius 2 is 2.00 bits per heavy atom. The molecule has 0 fully saturated rings. The Balaban J connectivity index is 1.41. The molecule has 0 aliphatic carbocycles. The van der Waals surface area contributed by atoms with Crippen molar-refractivity contribution >= 4 is 34.5 Å². The van der Waals surface area contributed by atoms with Crippen LogP contribution in [0.4, 0.5) is 5.69 Å². The standard InChI is InChI=1S/C22H22ClN5OS/c1-14-6-4-5-7-18(14)11-27-12-19(9-24-27)25-22(29)20-8-17(13-30-20)10-28-16(3)21(23)15(2)26-28/h4-9,12-13H,10-11H2,1-3H3,(H,25,29). The van der Waals surface area contributed by atoms with E-state index in [4.69, 9.17) is 11.6 Å². The number of aryl methyl sites for hydroxylation is 2. The van der Waals surface area contributed by atoms with Gasteiger partial charge in [-0.1, -0.05) is 35.9 Å². The van der Waals surface area contributed by atoms with Crippen molar-refractivity contribution in [3.05, 3.63) is 86.1 Å². The third-order valence-electron chi connectivity index (χ3n) is 4.99. The average molecular weight is 440 g/mol. The fraction of sp³-hybridized carbons (Fsp3) is 0.227. The molecule has 3 aromatic heterocycles. The molecule has 0 aliphatic heterocycles. The molecule has 4 aromatic rings. The Labute approximate surface area is 184 Å². The van der Waals surface area contributed by atoms with Crippen LogP contribution in [0.3, 0.4) is 0 Å². The van der Waals surface area contributed by atoms with E-state index in [1.54, 1.807) is 6.20 Å². The van der Waals surface area contributed by atoms with Crippen LogP contribution in [0, 0.1) is 20.8 Å². The van der Waals surface area contributed by atoms with Gasteiger partial charge in [0.05, 0.1) is 46.3 Å². The van der Waals surface area contributed by atoms with E-state index in [2.05, 4.69) is 34.6 Å². The van der Waals surface area contributed by atoms with Crippen LogP contribution in [0.15, 0.2) is 48.1 Å². The van der Waals surface area contributed by atoms with E-state index in [0.717, 1.165) is 17.0 Å². The van der Waals surface area contributed by atoms with Gasteiger partial charge in [-0.15, -0.1) is 11.3 Å². The molecular formula is C22H22ClN5OS. The number of nitrogens with zero attached hydrogens (tertiary/aromatic N) is 4. The van der Waals surface area contributed by atoms with Crippen LogP contribution in [0.5, 0.6) is 0 Å². The molecule has 0 spiro atoms. The van der Waals surface area contributed by atoms with Crippen molar-refractivity contribution in [2.45, 2.75) is 33.9 Å². The van der Waals surface area contributed by atoms with E-state index in [9.17, 15) is 4.79 Å². The molecule has 154 valence electrons. The summed E-state index contributed by atoms with van der Waals surface area (Å²) in [5.74, 6) is -0.145. The van der Waals surface area contributed by atoms with Gasteiger partial charge in [-0.3, -0.25) is 14.2 Å². The van der Waals surface area contributed by atoms with Crippen LogP contribution in [-0.4, -0.2) is 25.5 Å². The Kier molecular flexibility index (Phi) is 5.74. The van der Waals surface area contributed by atoms with Crippen molar-refractivity contribution in [2.24, 2.45) is 0 Å². The van der Waals surface area contributed by atoms with E-state index < -0.39 is 0 Å². The maximum Gasteiger partial charge on any atom is 0.265 e. The molecule has 0 unspecified atom stereocenters. The van der Waals surface area contributed by atoms with Gasteiger partial charge < -0.3 is 5.32 Å². The lowest BCUT2D eigenvalue weighted by Crippen LogP contribution is -2.10. The number of aromatic nitrogens is 4. The molecular weight excluding hydrogens is 418 g/mol. The topological polar surface area (TPSA) is 64.7 Å². The van der Waals surface area contributed by atoms with Gasteiger partial charge in [0.25, 0.3) is 5.91 Å². The fourth-order valence-electron chi connectivity index (χ4n) is 3.25. The zero-order valence-electron chi connectivity index (χ0n) is 17.0. The van der Waals surface area contributed by atoms with Crippen molar-refractivity contribution in [1.82, 2.24) is 19.6 Å². The highest BCUT2D eigenvalue weighted by molar-refractivity contribution is 7.12. The largest absolute Gasteiger partial charge is 0.319 e. The number of carbonyl (C=O) groups excluding carboxylic acids is 1. The van der Waals surface area contributed by atoms with E-state index >= 15 is 0 Å². The number of rotatable bonds is 6. The first-order valence-corrected chi connectivity index (χ1v) is 10.8. The van der Waals surface area contributed by atoms with Crippen LogP contribution < -0.4 is 5.32 Å². The number of hydrogen-bond acceptors (Lipinski definition) is 4. The molecule has 0 radical (unpaired) electrons. The fourth-order valence-corrected chi connectivity index (χ4v) is 4.18. The van der Waals surface area contributed by atoms with Crippen LogP contribution in [0.25, 0.3) is 0 Å². The quantitative estimate of drug-likeness (QED) is 0.456. The molecule has 0 aliphatic rings. The molecule has 6 nitrogen and oxygen atoms in total. The maximum atomic E-state index is 12.6.